The fourth-order valence-electron chi connectivity index (χ4n) is 3.26. The summed E-state index contributed by atoms with van der Waals surface area (Å²) in [5.41, 5.74) is -0.462. The van der Waals surface area contributed by atoms with Gasteiger partial charge in [-0.3, -0.25) is 5.32 Å². The third-order valence-electron chi connectivity index (χ3n) is 4.04. The number of nitrogens with one attached hydrogen (secondary N) is 1. The van der Waals surface area contributed by atoms with Crippen LogP contribution in [0.15, 0.2) is 0 Å². The van der Waals surface area contributed by atoms with Crippen molar-refractivity contribution in [3.05, 3.63) is 0 Å². The van der Waals surface area contributed by atoms with Gasteiger partial charge in [-0.05, 0) is 32.1 Å². The number of rotatable bonds is 3. The van der Waals surface area contributed by atoms with Crippen molar-refractivity contribution < 1.29 is 9.53 Å². The van der Waals surface area contributed by atoms with E-state index in [1.54, 1.807) is 0 Å². The molecule has 2 aliphatic rings. The van der Waals surface area contributed by atoms with Crippen molar-refractivity contribution in [2.24, 2.45) is 11.8 Å². The Morgan fingerprint density at radius 1 is 1.35 bits per heavy atom. The molecule has 98 valence electrons. The Morgan fingerprint density at radius 2 is 2.00 bits per heavy atom. The molecule has 0 aromatic carbocycles. The highest BCUT2D eigenvalue weighted by Crippen LogP contribution is 2.33. The van der Waals surface area contributed by atoms with Gasteiger partial charge in [0.2, 0.25) is 0 Å². The van der Waals surface area contributed by atoms with Crippen LogP contribution < -0.4 is 5.32 Å². The SMILES string of the molecule is CC(C)CC1(C)NC(C2CCCCC2)OC1=O. The van der Waals surface area contributed by atoms with E-state index in [0.29, 0.717) is 11.8 Å². The number of hydrogen-bond acceptors (Lipinski definition) is 3. The molecule has 2 atom stereocenters. The molecule has 17 heavy (non-hydrogen) atoms. The highest BCUT2D eigenvalue weighted by atomic mass is 16.6. The van der Waals surface area contributed by atoms with Gasteiger partial charge in [0.15, 0.2) is 6.23 Å². The second-order valence-electron chi connectivity index (χ2n) is 6.30. The van der Waals surface area contributed by atoms with E-state index in [1.807, 2.05) is 6.92 Å². The van der Waals surface area contributed by atoms with Gasteiger partial charge in [-0.1, -0.05) is 33.1 Å². The van der Waals surface area contributed by atoms with Crippen molar-refractivity contribution in [2.45, 2.75) is 71.1 Å². The molecule has 3 heteroatoms. The van der Waals surface area contributed by atoms with Crippen molar-refractivity contribution in [2.75, 3.05) is 0 Å². The van der Waals surface area contributed by atoms with E-state index in [9.17, 15) is 4.79 Å². The monoisotopic (exact) mass is 239 g/mol. The standard InChI is InChI=1S/C14H25NO2/c1-10(2)9-14(3)13(16)17-12(15-14)11-7-5-4-6-8-11/h10-12,15H,4-9H2,1-3H3. The fraction of sp³-hybridized carbons (Fsp3) is 0.929. The summed E-state index contributed by atoms with van der Waals surface area (Å²) >= 11 is 0. The van der Waals surface area contributed by atoms with Gasteiger partial charge in [-0.2, -0.15) is 0 Å². The summed E-state index contributed by atoms with van der Waals surface area (Å²) < 4.78 is 5.57. The molecule has 1 aliphatic heterocycles. The summed E-state index contributed by atoms with van der Waals surface area (Å²) in [6, 6.07) is 0. The number of hydrogen-bond donors (Lipinski definition) is 1. The fourth-order valence-corrected chi connectivity index (χ4v) is 3.26. The second kappa shape index (κ2) is 4.97. The molecule has 2 rings (SSSR count). The molecule has 0 radical (unpaired) electrons. The molecule has 0 amide bonds. The van der Waals surface area contributed by atoms with Crippen LogP contribution in [-0.2, 0) is 9.53 Å². The molecule has 3 nitrogen and oxygen atoms in total. The van der Waals surface area contributed by atoms with Crippen LogP contribution in [0.5, 0.6) is 0 Å². The van der Waals surface area contributed by atoms with E-state index in [4.69, 9.17) is 4.74 Å². The van der Waals surface area contributed by atoms with Crippen LogP contribution in [-0.4, -0.2) is 17.7 Å². The Balaban J connectivity index is 1.98. The van der Waals surface area contributed by atoms with Gasteiger partial charge in [0.05, 0.1) is 0 Å². The normalized spacial score (nSPS) is 35.3. The number of carbonyl (C=O) groups is 1. The van der Waals surface area contributed by atoms with Gasteiger partial charge in [0.25, 0.3) is 0 Å². The minimum absolute atomic E-state index is 0.0356. The lowest BCUT2D eigenvalue weighted by molar-refractivity contribution is -0.147. The molecule has 0 spiro atoms. The molecule has 2 unspecified atom stereocenters. The van der Waals surface area contributed by atoms with Crippen LogP contribution in [0.1, 0.15) is 59.3 Å². The van der Waals surface area contributed by atoms with E-state index in [1.165, 1.54) is 32.1 Å². The van der Waals surface area contributed by atoms with Gasteiger partial charge in [0.1, 0.15) is 5.54 Å². The molecule has 1 aliphatic carbocycles. The van der Waals surface area contributed by atoms with Crippen molar-refractivity contribution >= 4 is 5.97 Å². The van der Waals surface area contributed by atoms with Gasteiger partial charge in [-0.15, -0.1) is 0 Å². The van der Waals surface area contributed by atoms with Crippen molar-refractivity contribution in [3.63, 3.8) is 0 Å². The highest BCUT2D eigenvalue weighted by Gasteiger charge is 2.47. The Hall–Kier alpha value is -0.570. The average molecular weight is 239 g/mol. The number of cyclic esters (lactones) is 1. The lowest BCUT2D eigenvalue weighted by Gasteiger charge is -2.28. The van der Waals surface area contributed by atoms with Crippen LogP contribution in [0.4, 0.5) is 0 Å². The maximum Gasteiger partial charge on any atom is 0.327 e. The van der Waals surface area contributed by atoms with Crippen LogP contribution in [0.2, 0.25) is 0 Å². The zero-order valence-electron chi connectivity index (χ0n) is 11.3. The number of carbonyl (C=O) groups excluding carboxylic acids is 1. The smallest absolute Gasteiger partial charge is 0.327 e. The average Bonchev–Trinajstić information content (AvgIpc) is 2.55. The molecule has 0 bridgehead atoms. The van der Waals surface area contributed by atoms with E-state index in [0.717, 1.165) is 6.42 Å². The van der Waals surface area contributed by atoms with E-state index in [2.05, 4.69) is 19.2 Å². The van der Waals surface area contributed by atoms with Crippen LogP contribution in [0.3, 0.4) is 0 Å². The molecule has 0 aromatic heterocycles. The lowest BCUT2D eigenvalue weighted by Crippen LogP contribution is -2.47. The summed E-state index contributed by atoms with van der Waals surface area (Å²) in [7, 11) is 0. The Bertz CT molecular complexity index is 284. The van der Waals surface area contributed by atoms with Crippen molar-refractivity contribution in [3.8, 4) is 0 Å². The van der Waals surface area contributed by atoms with Gasteiger partial charge in [0, 0.05) is 5.92 Å². The first-order valence-corrected chi connectivity index (χ1v) is 7.00. The zero-order valence-corrected chi connectivity index (χ0v) is 11.3. The molecule has 1 heterocycles. The topological polar surface area (TPSA) is 38.3 Å². The number of esters is 1. The molecule has 1 N–H and O–H groups in total. The Kier molecular flexibility index (Phi) is 3.76. The van der Waals surface area contributed by atoms with Crippen LogP contribution in [0.25, 0.3) is 0 Å². The molecular formula is C14H25NO2. The molecule has 2 fully saturated rings. The van der Waals surface area contributed by atoms with Gasteiger partial charge >= 0.3 is 5.97 Å². The number of ether oxygens (including phenoxy) is 1. The summed E-state index contributed by atoms with van der Waals surface area (Å²) in [4.78, 5) is 12.0. The quantitative estimate of drug-likeness (QED) is 0.770. The summed E-state index contributed by atoms with van der Waals surface area (Å²) in [5, 5.41) is 3.45. The molecule has 0 aromatic rings. The zero-order chi connectivity index (χ0) is 12.5. The minimum atomic E-state index is -0.462. The van der Waals surface area contributed by atoms with Crippen molar-refractivity contribution in [1.82, 2.24) is 5.32 Å². The van der Waals surface area contributed by atoms with Crippen LogP contribution in [0, 0.1) is 11.8 Å². The maximum atomic E-state index is 12.0. The first-order chi connectivity index (χ1) is 8.01. The summed E-state index contributed by atoms with van der Waals surface area (Å²) in [5.74, 6) is 0.980. The largest absolute Gasteiger partial charge is 0.445 e. The summed E-state index contributed by atoms with van der Waals surface area (Å²) in [6.07, 6.45) is 7.11. The Morgan fingerprint density at radius 3 is 2.59 bits per heavy atom. The molecule has 1 saturated heterocycles. The van der Waals surface area contributed by atoms with E-state index < -0.39 is 5.54 Å². The summed E-state index contributed by atoms with van der Waals surface area (Å²) in [6.45, 7) is 6.28. The predicted octanol–water partition coefficient (Wildman–Crippen LogP) is 2.84. The third-order valence-corrected chi connectivity index (χ3v) is 4.04. The lowest BCUT2D eigenvalue weighted by atomic mass is 9.87. The molecule has 1 saturated carbocycles. The predicted molar refractivity (Wildman–Crippen MR) is 67.5 cm³/mol. The first kappa shape index (κ1) is 12.9. The highest BCUT2D eigenvalue weighted by molar-refractivity contribution is 5.82. The van der Waals surface area contributed by atoms with Crippen molar-refractivity contribution in [1.29, 1.82) is 0 Å². The van der Waals surface area contributed by atoms with E-state index >= 15 is 0 Å². The minimum Gasteiger partial charge on any atom is -0.445 e. The first-order valence-electron chi connectivity index (χ1n) is 7.00. The molecular weight excluding hydrogens is 214 g/mol. The van der Waals surface area contributed by atoms with Crippen LogP contribution >= 0.6 is 0 Å². The Labute approximate surface area is 104 Å². The van der Waals surface area contributed by atoms with Gasteiger partial charge in [-0.25, -0.2) is 4.79 Å². The third kappa shape index (κ3) is 2.82. The van der Waals surface area contributed by atoms with E-state index in [-0.39, 0.29) is 12.2 Å². The maximum absolute atomic E-state index is 12.0. The second-order valence-corrected chi connectivity index (χ2v) is 6.30. The van der Waals surface area contributed by atoms with Gasteiger partial charge < -0.3 is 4.74 Å².